The van der Waals surface area contributed by atoms with Gasteiger partial charge in [0.15, 0.2) is 5.82 Å². The van der Waals surface area contributed by atoms with Crippen molar-refractivity contribution in [3.63, 3.8) is 0 Å². The second-order valence-electron chi connectivity index (χ2n) is 9.52. The summed E-state index contributed by atoms with van der Waals surface area (Å²) >= 11 is 0. The first-order chi connectivity index (χ1) is 17.3. The molecule has 1 saturated heterocycles. The van der Waals surface area contributed by atoms with Crippen LogP contribution in [0.5, 0.6) is 0 Å². The minimum Gasteiger partial charge on any atom is -0.445 e. The fourth-order valence-corrected chi connectivity index (χ4v) is 4.41. The number of fused-ring (bicyclic) bond motifs is 3. The third-order valence-electron chi connectivity index (χ3n) is 6.05. The summed E-state index contributed by atoms with van der Waals surface area (Å²) < 4.78 is 18.6. The van der Waals surface area contributed by atoms with Crippen LogP contribution in [-0.2, 0) is 27.4 Å². The highest BCUT2D eigenvalue weighted by Gasteiger charge is 2.25. The van der Waals surface area contributed by atoms with Gasteiger partial charge in [-0.3, -0.25) is 0 Å². The van der Waals surface area contributed by atoms with Crippen molar-refractivity contribution < 1.29 is 23.8 Å². The normalized spacial score (nSPS) is 14.0. The SMILES string of the molecule is Cc1c(COC(=O)NC(C)C)c(COC(=O)NC(C)C)c2c3ccccc3c(N3CCOCC3)nn12. The summed E-state index contributed by atoms with van der Waals surface area (Å²) in [7, 11) is 0. The van der Waals surface area contributed by atoms with E-state index in [9.17, 15) is 9.59 Å². The maximum absolute atomic E-state index is 12.3. The van der Waals surface area contributed by atoms with Gasteiger partial charge in [-0.15, -0.1) is 5.10 Å². The van der Waals surface area contributed by atoms with E-state index in [1.165, 1.54) is 0 Å². The number of ether oxygens (including phenoxy) is 3. The lowest BCUT2D eigenvalue weighted by molar-refractivity contribution is 0.122. The van der Waals surface area contributed by atoms with Crippen LogP contribution in [0.15, 0.2) is 24.3 Å². The molecular weight excluding hydrogens is 462 g/mol. The largest absolute Gasteiger partial charge is 0.445 e. The number of hydrogen-bond acceptors (Lipinski definition) is 7. The molecule has 1 aliphatic heterocycles. The standard InChI is InChI=1S/C26H35N5O5/c1-16(2)27-25(32)35-14-21-18(5)31-23(22(21)15-36-26(33)28-17(3)4)19-8-6-7-9-20(19)24(29-31)30-10-12-34-13-11-30/h6-9,16-17H,10-15H2,1-5H3,(H,27,32)(H,28,33). The van der Waals surface area contributed by atoms with Gasteiger partial charge in [0.05, 0.1) is 18.7 Å². The van der Waals surface area contributed by atoms with Crippen molar-refractivity contribution in [3.8, 4) is 0 Å². The van der Waals surface area contributed by atoms with Crippen LogP contribution in [0.2, 0.25) is 0 Å². The molecule has 3 heterocycles. The van der Waals surface area contributed by atoms with Crippen molar-refractivity contribution in [2.75, 3.05) is 31.2 Å². The zero-order chi connectivity index (χ0) is 25.8. The number of nitrogens with one attached hydrogen (secondary N) is 2. The molecule has 3 aromatic rings. The van der Waals surface area contributed by atoms with E-state index >= 15 is 0 Å². The third-order valence-corrected chi connectivity index (χ3v) is 6.05. The van der Waals surface area contributed by atoms with Crippen LogP contribution in [0.3, 0.4) is 0 Å². The van der Waals surface area contributed by atoms with Crippen molar-refractivity contribution >= 4 is 34.3 Å². The molecule has 0 saturated carbocycles. The average molecular weight is 498 g/mol. The average Bonchev–Trinajstić information content (AvgIpc) is 3.11. The monoisotopic (exact) mass is 497 g/mol. The summed E-state index contributed by atoms with van der Waals surface area (Å²) in [6.45, 7) is 12.3. The molecule has 10 heteroatoms. The predicted molar refractivity (Wildman–Crippen MR) is 137 cm³/mol. The van der Waals surface area contributed by atoms with Crippen molar-refractivity contribution in [1.82, 2.24) is 20.2 Å². The smallest absolute Gasteiger partial charge is 0.407 e. The Morgan fingerprint density at radius 2 is 1.50 bits per heavy atom. The second kappa shape index (κ2) is 11.0. The summed E-state index contributed by atoms with van der Waals surface area (Å²) in [4.78, 5) is 26.8. The van der Waals surface area contributed by atoms with Gasteiger partial charge in [0.2, 0.25) is 0 Å². The molecule has 2 amide bonds. The van der Waals surface area contributed by atoms with Crippen LogP contribution in [-0.4, -0.2) is 60.2 Å². The number of carbonyl (C=O) groups excluding carboxylic acids is 2. The number of aromatic nitrogens is 2. The molecule has 36 heavy (non-hydrogen) atoms. The van der Waals surface area contributed by atoms with Gasteiger partial charge < -0.3 is 29.7 Å². The molecule has 0 atom stereocenters. The summed E-state index contributed by atoms with van der Waals surface area (Å²) in [6, 6.07) is 7.98. The Labute approximate surface area is 210 Å². The highest BCUT2D eigenvalue weighted by atomic mass is 16.6. The number of anilines is 1. The molecule has 4 rings (SSSR count). The Kier molecular flexibility index (Phi) is 7.83. The molecule has 1 aliphatic rings. The van der Waals surface area contributed by atoms with Crippen LogP contribution in [0, 0.1) is 6.92 Å². The molecular formula is C26H35N5O5. The number of benzene rings is 1. The topological polar surface area (TPSA) is 106 Å². The predicted octanol–water partition coefficient (Wildman–Crippen LogP) is 3.90. The van der Waals surface area contributed by atoms with Gasteiger partial charge in [0.25, 0.3) is 0 Å². The van der Waals surface area contributed by atoms with Crippen LogP contribution in [0.1, 0.15) is 44.5 Å². The molecule has 194 valence electrons. The third kappa shape index (κ3) is 5.48. The first kappa shape index (κ1) is 25.6. The van der Waals surface area contributed by atoms with E-state index in [-0.39, 0.29) is 25.3 Å². The molecule has 0 aliphatic carbocycles. The summed E-state index contributed by atoms with van der Waals surface area (Å²) in [5, 5.41) is 12.5. The van der Waals surface area contributed by atoms with Gasteiger partial charge in [-0.1, -0.05) is 24.3 Å². The van der Waals surface area contributed by atoms with Crippen molar-refractivity contribution in [2.24, 2.45) is 0 Å². The second-order valence-corrected chi connectivity index (χ2v) is 9.52. The Hall–Kier alpha value is -3.53. The lowest BCUT2D eigenvalue weighted by Gasteiger charge is -2.29. The van der Waals surface area contributed by atoms with E-state index < -0.39 is 12.2 Å². The summed E-state index contributed by atoms with van der Waals surface area (Å²) in [6.07, 6.45) is -1.01. The van der Waals surface area contributed by atoms with E-state index in [2.05, 4.69) is 21.6 Å². The molecule has 0 radical (unpaired) electrons. The first-order valence-corrected chi connectivity index (χ1v) is 12.4. The van der Waals surface area contributed by atoms with Crippen LogP contribution in [0.4, 0.5) is 15.4 Å². The van der Waals surface area contributed by atoms with Gasteiger partial charge in [-0.2, -0.15) is 0 Å². The zero-order valence-corrected chi connectivity index (χ0v) is 21.6. The minimum absolute atomic E-state index is 0.0168. The molecule has 10 nitrogen and oxygen atoms in total. The van der Waals surface area contributed by atoms with Gasteiger partial charge in [-0.05, 0) is 34.6 Å². The summed E-state index contributed by atoms with van der Waals surface area (Å²) in [5.74, 6) is 0.870. The minimum atomic E-state index is -0.506. The van der Waals surface area contributed by atoms with Crippen molar-refractivity contribution in [1.29, 1.82) is 0 Å². The molecule has 1 fully saturated rings. The lowest BCUT2D eigenvalue weighted by atomic mass is 10.1. The number of aryl methyl sites for hydroxylation is 1. The fourth-order valence-electron chi connectivity index (χ4n) is 4.41. The Morgan fingerprint density at radius 3 is 2.08 bits per heavy atom. The molecule has 0 unspecified atom stereocenters. The van der Waals surface area contributed by atoms with Crippen molar-refractivity contribution in [3.05, 3.63) is 41.1 Å². The molecule has 0 spiro atoms. The quantitative estimate of drug-likeness (QED) is 0.510. The van der Waals surface area contributed by atoms with E-state index in [4.69, 9.17) is 19.3 Å². The number of nitrogens with zero attached hydrogens (tertiary/aromatic N) is 3. The van der Waals surface area contributed by atoms with Gasteiger partial charge in [0.1, 0.15) is 13.2 Å². The Bertz CT molecular complexity index is 1250. The van der Waals surface area contributed by atoms with E-state index in [1.54, 1.807) is 0 Å². The highest BCUT2D eigenvalue weighted by molar-refractivity contribution is 6.03. The van der Waals surface area contributed by atoms with Crippen LogP contribution in [0.25, 0.3) is 16.3 Å². The molecule has 0 bridgehead atoms. The number of alkyl carbamates (subject to hydrolysis) is 2. The highest BCUT2D eigenvalue weighted by Crippen LogP contribution is 2.34. The van der Waals surface area contributed by atoms with Crippen LogP contribution < -0.4 is 15.5 Å². The van der Waals surface area contributed by atoms with Gasteiger partial charge >= 0.3 is 12.2 Å². The number of amides is 2. The van der Waals surface area contributed by atoms with E-state index in [0.29, 0.717) is 13.2 Å². The Morgan fingerprint density at radius 1 is 0.944 bits per heavy atom. The van der Waals surface area contributed by atoms with Crippen LogP contribution >= 0.6 is 0 Å². The van der Waals surface area contributed by atoms with Gasteiger partial charge in [0, 0.05) is 52.8 Å². The van der Waals surface area contributed by atoms with E-state index in [1.807, 2.05) is 57.3 Å². The van der Waals surface area contributed by atoms with Crippen molar-refractivity contribution in [2.45, 2.75) is 59.9 Å². The maximum atomic E-state index is 12.3. The molecule has 1 aromatic carbocycles. The Balaban J connectivity index is 1.82. The maximum Gasteiger partial charge on any atom is 0.407 e. The fraction of sp³-hybridized carbons (Fsp3) is 0.500. The lowest BCUT2D eigenvalue weighted by Crippen LogP contribution is -2.37. The van der Waals surface area contributed by atoms with E-state index in [0.717, 1.165) is 52.0 Å². The van der Waals surface area contributed by atoms with Gasteiger partial charge in [-0.25, -0.2) is 14.1 Å². The molecule has 2 aromatic heterocycles. The number of hydrogen-bond donors (Lipinski definition) is 2. The number of rotatable bonds is 7. The zero-order valence-electron chi connectivity index (χ0n) is 21.6. The number of morpholine rings is 1. The first-order valence-electron chi connectivity index (χ1n) is 12.4. The molecule has 2 N–H and O–H groups in total. The number of carbonyl (C=O) groups is 2. The summed E-state index contributed by atoms with van der Waals surface area (Å²) in [5.41, 5.74) is 3.19.